The minimum Gasteiger partial charge on any atom is -0.351 e. The lowest BCUT2D eigenvalue weighted by atomic mass is 10.1. The number of amides is 1. The molecule has 0 spiro atoms. The third-order valence-electron chi connectivity index (χ3n) is 3.02. The predicted molar refractivity (Wildman–Crippen MR) is 74.1 cm³/mol. The highest BCUT2D eigenvalue weighted by molar-refractivity contribution is 9.10. The average molecular weight is 317 g/mol. The molecule has 1 unspecified atom stereocenters. The largest absolute Gasteiger partial charge is 0.351 e. The lowest BCUT2D eigenvalue weighted by Crippen LogP contribution is -2.27. The maximum Gasteiger partial charge on any atom is 0.220 e. The van der Waals surface area contributed by atoms with E-state index in [9.17, 15) is 4.79 Å². The molecule has 1 aromatic rings. The zero-order valence-corrected chi connectivity index (χ0v) is 12.1. The first-order valence-corrected chi connectivity index (χ1v) is 7.65. The van der Waals surface area contributed by atoms with Crippen molar-refractivity contribution < 1.29 is 4.79 Å². The number of carbonyl (C=O) groups excluding carboxylic acids is 1. The summed E-state index contributed by atoms with van der Waals surface area (Å²) < 4.78 is 1.08. The highest BCUT2D eigenvalue weighted by atomic mass is 79.9. The van der Waals surface area contributed by atoms with Crippen LogP contribution >= 0.6 is 27.3 Å². The fourth-order valence-corrected chi connectivity index (χ4v) is 3.46. The summed E-state index contributed by atoms with van der Waals surface area (Å²) in [6, 6.07) is 2.56. The number of halogens is 1. The van der Waals surface area contributed by atoms with E-state index in [4.69, 9.17) is 0 Å². The second kappa shape index (κ2) is 6.52. The van der Waals surface area contributed by atoms with Gasteiger partial charge in [-0.05, 0) is 53.2 Å². The first kappa shape index (κ1) is 13.1. The molecule has 2 heterocycles. The third kappa shape index (κ3) is 4.08. The van der Waals surface area contributed by atoms with Crippen LogP contribution in [0.4, 0.5) is 0 Å². The minimum atomic E-state index is 0.152. The minimum absolute atomic E-state index is 0.152. The summed E-state index contributed by atoms with van der Waals surface area (Å²) >= 11 is 5.12. The van der Waals surface area contributed by atoms with Crippen molar-refractivity contribution in [3.05, 3.63) is 20.8 Å². The van der Waals surface area contributed by atoms with Gasteiger partial charge in [0.1, 0.15) is 0 Å². The second-order valence-electron chi connectivity index (χ2n) is 4.30. The first-order valence-electron chi connectivity index (χ1n) is 5.97. The molecule has 94 valence electrons. The van der Waals surface area contributed by atoms with Gasteiger partial charge in [-0.2, -0.15) is 0 Å². The number of hydrogen-bond donors (Lipinski definition) is 2. The van der Waals surface area contributed by atoms with Gasteiger partial charge >= 0.3 is 0 Å². The van der Waals surface area contributed by atoms with Crippen LogP contribution in [-0.4, -0.2) is 18.5 Å². The summed E-state index contributed by atoms with van der Waals surface area (Å²) in [6.45, 7) is 1.74. The molecule has 1 amide bonds. The molecular formula is C12H17BrN2OS. The van der Waals surface area contributed by atoms with Crippen LogP contribution in [0.3, 0.4) is 0 Å². The van der Waals surface area contributed by atoms with Crippen molar-refractivity contribution in [1.29, 1.82) is 0 Å². The molecule has 2 N–H and O–H groups in total. The Morgan fingerprint density at radius 1 is 1.65 bits per heavy atom. The van der Waals surface area contributed by atoms with Crippen LogP contribution in [0.25, 0.3) is 0 Å². The van der Waals surface area contributed by atoms with Gasteiger partial charge in [-0.3, -0.25) is 4.79 Å². The van der Waals surface area contributed by atoms with Crippen LogP contribution in [0.1, 0.15) is 30.6 Å². The van der Waals surface area contributed by atoms with E-state index in [-0.39, 0.29) is 5.91 Å². The lowest BCUT2D eigenvalue weighted by Gasteiger charge is -2.09. The van der Waals surface area contributed by atoms with Gasteiger partial charge in [-0.25, -0.2) is 0 Å². The average Bonchev–Trinajstić information content (AvgIpc) is 2.95. The summed E-state index contributed by atoms with van der Waals surface area (Å²) in [4.78, 5) is 12.8. The van der Waals surface area contributed by atoms with Gasteiger partial charge in [0, 0.05) is 21.8 Å². The summed E-state index contributed by atoms with van der Waals surface area (Å²) in [5.41, 5.74) is 0. The second-order valence-corrected chi connectivity index (χ2v) is 6.16. The Morgan fingerprint density at radius 2 is 2.53 bits per heavy atom. The van der Waals surface area contributed by atoms with Gasteiger partial charge in [-0.1, -0.05) is 0 Å². The summed E-state index contributed by atoms with van der Waals surface area (Å²) in [5.74, 6) is 0.152. The lowest BCUT2D eigenvalue weighted by molar-refractivity contribution is -0.121. The summed E-state index contributed by atoms with van der Waals surface area (Å²) in [5, 5.41) is 8.39. The van der Waals surface area contributed by atoms with E-state index < -0.39 is 0 Å². The Balaban J connectivity index is 1.65. The van der Waals surface area contributed by atoms with Crippen LogP contribution in [0, 0.1) is 0 Å². The van der Waals surface area contributed by atoms with Gasteiger partial charge in [0.2, 0.25) is 5.91 Å². The highest BCUT2D eigenvalue weighted by Gasteiger charge is 2.15. The zero-order chi connectivity index (χ0) is 12.1. The molecule has 2 rings (SSSR count). The van der Waals surface area contributed by atoms with E-state index in [2.05, 4.69) is 26.6 Å². The third-order valence-corrected chi connectivity index (χ3v) is 4.95. The standard InChI is InChI=1S/C12H17BrN2OS/c13-10-5-7-17-11(10)8-15-12(16)4-3-9-2-1-6-14-9/h5,7,9,14H,1-4,6,8H2,(H,15,16). The fraction of sp³-hybridized carbons (Fsp3) is 0.583. The molecule has 1 fully saturated rings. The molecule has 0 aliphatic carbocycles. The Morgan fingerprint density at radius 3 is 3.18 bits per heavy atom. The van der Waals surface area contributed by atoms with E-state index in [1.54, 1.807) is 11.3 Å². The molecule has 0 radical (unpaired) electrons. The summed E-state index contributed by atoms with van der Waals surface area (Å²) in [6.07, 6.45) is 4.04. The van der Waals surface area contributed by atoms with E-state index in [0.717, 1.165) is 17.4 Å². The monoisotopic (exact) mass is 316 g/mol. The maximum absolute atomic E-state index is 11.7. The van der Waals surface area contributed by atoms with Gasteiger partial charge < -0.3 is 10.6 Å². The van der Waals surface area contributed by atoms with E-state index in [1.165, 1.54) is 17.7 Å². The molecule has 1 aliphatic rings. The molecule has 1 saturated heterocycles. The smallest absolute Gasteiger partial charge is 0.220 e. The molecule has 1 atom stereocenters. The van der Waals surface area contributed by atoms with Gasteiger partial charge in [0.15, 0.2) is 0 Å². The Hall–Kier alpha value is -0.390. The number of carbonyl (C=O) groups is 1. The molecule has 0 aromatic carbocycles. The van der Waals surface area contributed by atoms with Crippen molar-refractivity contribution in [2.45, 2.75) is 38.3 Å². The number of nitrogens with one attached hydrogen (secondary N) is 2. The van der Waals surface area contributed by atoms with Crippen molar-refractivity contribution in [3.8, 4) is 0 Å². The summed E-state index contributed by atoms with van der Waals surface area (Å²) in [7, 11) is 0. The molecule has 3 nitrogen and oxygen atoms in total. The normalized spacial score (nSPS) is 19.5. The zero-order valence-electron chi connectivity index (χ0n) is 9.67. The van der Waals surface area contributed by atoms with Gasteiger partial charge in [0.05, 0.1) is 6.54 Å². The first-order chi connectivity index (χ1) is 8.25. The number of rotatable bonds is 5. The van der Waals surface area contributed by atoms with Crippen LogP contribution < -0.4 is 10.6 Å². The van der Waals surface area contributed by atoms with E-state index >= 15 is 0 Å². The highest BCUT2D eigenvalue weighted by Crippen LogP contribution is 2.22. The van der Waals surface area contributed by atoms with Crippen molar-refractivity contribution >= 4 is 33.2 Å². The fourth-order valence-electron chi connectivity index (χ4n) is 2.03. The molecule has 0 saturated carbocycles. The van der Waals surface area contributed by atoms with Crippen LogP contribution in [0.2, 0.25) is 0 Å². The van der Waals surface area contributed by atoms with Crippen LogP contribution in [0.15, 0.2) is 15.9 Å². The van der Waals surface area contributed by atoms with Crippen molar-refractivity contribution in [2.75, 3.05) is 6.54 Å². The van der Waals surface area contributed by atoms with E-state index in [1.807, 2.05) is 11.4 Å². The number of thiophene rings is 1. The Bertz CT molecular complexity index is 374. The SMILES string of the molecule is O=C(CCC1CCCN1)NCc1sccc1Br. The molecule has 5 heteroatoms. The molecule has 1 aliphatic heterocycles. The Kier molecular flexibility index (Phi) is 5.00. The maximum atomic E-state index is 11.7. The molecular weight excluding hydrogens is 300 g/mol. The number of hydrogen-bond acceptors (Lipinski definition) is 3. The van der Waals surface area contributed by atoms with E-state index in [0.29, 0.717) is 19.0 Å². The molecule has 1 aromatic heterocycles. The molecule has 0 bridgehead atoms. The Labute approximate surface area is 114 Å². The van der Waals surface area contributed by atoms with Crippen molar-refractivity contribution in [2.24, 2.45) is 0 Å². The molecule has 17 heavy (non-hydrogen) atoms. The van der Waals surface area contributed by atoms with Gasteiger partial charge in [-0.15, -0.1) is 11.3 Å². The topological polar surface area (TPSA) is 41.1 Å². The van der Waals surface area contributed by atoms with Crippen LogP contribution in [0.5, 0.6) is 0 Å². The van der Waals surface area contributed by atoms with Gasteiger partial charge in [0.25, 0.3) is 0 Å². The van der Waals surface area contributed by atoms with Crippen LogP contribution in [-0.2, 0) is 11.3 Å². The predicted octanol–water partition coefficient (Wildman–Crippen LogP) is 2.66. The van der Waals surface area contributed by atoms with Crippen molar-refractivity contribution in [3.63, 3.8) is 0 Å². The quantitative estimate of drug-likeness (QED) is 0.877. The van der Waals surface area contributed by atoms with Crippen molar-refractivity contribution in [1.82, 2.24) is 10.6 Å².